The van der Waals surface area contributed by atoms with E-state index < -0.39 is 17.7 Å². The number of hydrogen-bond acceptors (Lipinski definition) is 1. The van der Waals surface area contributed by atoms with Gasteiger partial charge in [0.2, 0.25) is 5.91 Å². The second-order valence-corrected chi connectivity index (χ2v) is 5.63. The predicted octanol–water partition coefficient (Wildman–Crippen LogP) is 4.73. The van der Waals surface area contributed by atoms with Crippen LogP contribution in [0.1, 0.15) is 31.0 Å². The van der Waals surface area contributed by atoms with Gasteiger partial charge in [0.25, 0.3) is 0 Å². The normalized spacial score (nSPS) is 12.8. The van der Waals surface area contributed by atoms with Gasteiger partial charge in [0.05, 0.1) is 6.04 Å². The molecule has 0 aliphatic rings. The highest BCUT2D eigenvalue weighted by molar-refractivity contribution is 5.94. The van der Waals surface area contributed by atoms with Crippen LogP contribution < -0.4 is 0 Å². The van der Waals surface area contributed by atoms with Gasteiger partial charge in [0.15, 0.2) is 11.6 Å². The molecule has 1 amide bonds. The fraction of sp³-hybridized carbons (Fsp3) is 0.211. The van der Waals surface area contributed by atoms with Crippen molar-refractivity contribution in [3.05, 3.63) is 77.1 Å². The highest BCUT2D eigenvalue weighted by Gasteiger charge is 2.17. The maximum atomic E-state index is 13.3. The van der Waals surface area contributed by atoms with Crippen LogP contribution in [0, 0.1) is 17.5 Å². The summed E-state index contributed by atoms with van der Waals surface area (Å²) >= 11 is 0. The third-order valence-corrected chi connectivity index (χ3v) is 3.99. The van der Waals surface area contributed by atoms with Gasteiger partial charge in [-0.15, -0.1) is 0 Å². The molecule has 0 saturated carbocycles. The van der Waals surface area contributed by atoms with Crippen molar-refractivity contribution in [3.63, 3.8) is 0 Å². The summed E-state index contributed by atoms with van der Waals surface area (Å²) in [5.41, 5.74) is 1.92. The zero-order valence-electron chi connectivity index (χ0n) is 13.7. The number of nitrogens with zero attached hydrogens (tertiary/aromatic N) is 1. The van der Waals surface area contributed by atoms with Crippen molar-refractivity contribution in [2.75, 3.05) is 7.05 Å². The number of carbonyl (C=O) groups excluding carboxylic acids is 1. The molecule has 0 saturated heterocycles. The van der Waals surface area contributed by atoms with E-state index in [-0.39, 0.29) is 11.7 Å². The van der Waals surface area contributed by atoms with E-state index in [2.05, 4.69) is 0 Å². The first-order valence-electron chi connectivity index (χ1n) is 7.45. The Balaban J connectivity index is 2.17. The van der Waals surface area contributed by atoms with Crippen LogP contribution in [0.15, 0.2) is 48.5 Å². The number of halogens is 3. The van der Waals surface area contributed by atoms with E-state index in [1.165, 1.54) is 29.2 Å². The van der Waals surface area contributed by atoms with Gasteiger partial charge in [-0.25, -0.2) is 13.2 Å². The largest absolute Gasteiger partial charge is 0.335 e. The molecule has 2 aromatic carbocycles. The Morgan fingerprint density at radius 1 is 1.04 bits per heavy atom. The lowest BCUT2D eigenvalue weighted by atomic mass is 10.1. The van der Waals surface area contributed by atoms with Crippen LogP contribution in [0.2, 0.25) is 0 Å². The number of likely N-dealkylation sites (N-methyl/N-ethyl adjacent to an activating group) is 1. The molecule has 0 radical (unpaired) electrons. The SMILES string of the molecule is C/C(=C\C(=O)N(C)C(C)c1ccc(F)c(F)c1)c1ccc(F)cc1. The zero-order chi connectivity index (χ0) is 17.9. The molecule has 0 aliphatic carbocycles. The number of amides is 1. The van der Waals surface area contributed by atoms with Crippen LogP contribution in [-0.4, -0.2) is 17.9 Å². The molecule has 0 bridgehead atoms. The predicted molar refractivity (Wildman–Crippen MR) is 87.6 cm³/mol. The van der Waals surface area contributed by atoms with Gasteiger partial charge in [-0.3, -0.25) is 4.79 Å². The van der Waals surface area contributed by atoms with Gasteiger partial charge in [-0.05, 0) is 54.8 Å². The summed E-state index contributed by atoms with van der Waals surface area (Å²) < 4.78 is 39.3. The van der Waals surface area contributed by atoms with Crippen LogP contribution in [0.25, 0.3) is 5.57 Å². The third-order valence-electron chi connectivity index (χ3n) is 3.99. The van der Waals surface area contributed by atoms with Crippen molar-refractivity contribution < 1.29 is 18.0 Å². The van der Waals surface area contributed by atoms with Crippen LogP contribution in [0.4, 0.5) is 13.2 Å². The summed E-state index contributed by atoms with van der Waals surface area (Å²) in [4.78, 5) is 13.8. The van der Waals surface area contributed by atoms with E-state index >= 15 is 0 Å². The van der Waals surface area contributed by atoms with Gasteiger partial charge in [0.1, 0.15) is 5.82 Å². The molecule has 0 fully saturated rings. The second kappa shape index (κ2) is 7.34. The van der Waals surface area contributed by atoms with Gasteiger partial charge in [0, 0.05) is 13.1 Å². The van der Waals surface area contributed by atoms with E-state index in [4.69, 9.17) is 0 Å². The summed E-state index contributed by atoms with van der Waals surface area (Å²) in [6.45, 7) is 3.48. The smallest absolute Gasteiger partial charge is 0.247 e. The quantitative estimate of drug-likeness (QED) is 0.741. The van der Waals surface area contributed by atoms with E-state index in [0.717, 1.165) is 17.7 Å². The summed E-state index contributed by atoms with van der Waals surface area (Å²) in [5.74, 6) is -2.50. The van der Waals surface area contributed by atoms with E-state index in [1.807, 2.05) is 0 Å². The van der Waals surface area contributed by atoms with Crippen molar-refractivity contribution in [1.29, 1.82) is 0 Å². The summed E-state index contributed by atoms with van der Waals surface area (Å²) in [5, 5.41) is 0. The Morgan fingerprint density at radius 2 is 1.67 bits per heavy atom. The van der Waals surface area contributed by atoms with Crippen LogP contribution in [0.5, 0.6) is 0 Å². The third kappa shape index (κ3) is 4.04. The highest BCUT2D eigenvalue weighted by atomic mass is 19.2. The average Bonchev–Trinajstić information content (AvgIpc) is 2.56. The topological polar surface area (TPSA) is 20.3 Å². The number of rotatable bonds is 4. The molecule has 24 heavy (non-hydrogen) atoms. The second-order valence-electron chi connectivity index (χ2n) is 5.63. The Kier molecular flexibility index (Phi) is 5.44. The van der Waals surface area contributed by atoms with Crippen LogP contribution in [0.3, 0.4) is 0 Å². The van der Waals surface area contributed by atoms with Crippen molar-refractivity contribution in [1.82, 2.24) is 4.90 Å². The minimum atomic E-state index is -0.946. The van der Waals surface area contributed by atoms with Crippen molar-refractivity contribution in [2.45, 2.75) is 19.9 Å². The fourth-order valence-electron chi connectivity index (χ4n) is 2.27. The lowest BCUT2D eigenvalue weighted by Gasteiger charge is -2.24. The monoisotopic (exact) mass is 333 g/mol. The molecule has 2 aromatic rings. The number of allylic oxidation sites excluding steroid dienone is 1. The molecule has 0 N–H and O–H groups in total. The maximum Gasteiger partial charge on any atom is 0.247 e. The number of carbonyl (C=O) groups is 1. The molecule has 0 aromatic heterocycles. The zero-order valence-corrected chi connectivity index (χ0v) is 13.7. The summed E-state index contributed by atoms with van der Waals surface area (Å²) in [6, 6.07) is 8.98. The average molecular weight is 333 g/mol. The molecule has 5 heteroatoms. The first kappa shape index (κ1) is 17.8. The van der Waals surface area contributed by atoms with Crippen molar-refractivity contribution in [3.8, 4) is 0 Å². The molecule has 2 rings (SSSR count). The molecule has 0 aliphatic heterocycles. The molecule has 0 heterocycles. The molecular formula is C19H18F3NO. The maximum absolute atomic E-state index is 13.3. The van der Waals surface area contributed by atoms with Crippen molar-refractivity contribution in [2.24, 2.45) is 0 Å². The highest BCUT2D eigenvalue weighted by Crippen LogP contribution is 2.22. The Hall–Kier alpha value is -2.56. The van der Waals surface area contributed by atoms with Crippen LogP contribution in [-0.2, 0) is 4.79 Å². The molecule has 2 nitrogen and oxygen atoms in total. The van der Waals surface area contributed by atoms with Gasteiger partial charge in [-0.2, -0.15) is 0 Å². The molecule has 0 spiro atoms. The van der Waals surface area contributed by atoms with E-state index in [9.17, 15) is 18.0 Å². The first-order valence-corrected chi connectivity index (χ1v) is 7.45. The lowest BCUT2D eigenvalue weighted by molar-refractivity contribution is -0.126. The van der Waals surface area contributed by atoms with Gasteiger partial charge < -0.3 is 4.90 Å². The molecule has 126 valence electrons. The van der Waals surface area contributed by atoms with E-state index in [0.29, 0.717) is 11.1 Å². The Morgan fingerprint density at radius 3 is 2.25 bits per heavy atom. The van der Waals surface area contributed by atoms with Crippen molar-refractivity contribution >= 4 is 11.5 Å². The Labute approximate surface area is 139 Å². The lowest BCUT2D eigenvalue weighted by Crippen LogP contribution is -2.28. The van der Waals surface area contributed by atoms with Crippen LogP contribution >= 0.6 is 0 Å². The minimum absolute atomic E-state index is 0.283. The number of hydrogen-bond donors (Lipinski definition) is 0. The molecular weight excluding hydrogens is 315 g/mol. The molecule has 1 atom stereocenters. The standard InChI is InChI=1S/C19H18F3NO/c1-12(14-4-7-16(20)8-5-14)10-19(24)23(3)13(2)15-6-9-17(21)18(22)11-15/h4-11,13H,1-3H3/b12-10+. The van der Waals surface area contributed by atoms with E-state index in [1.54, 1.807) is 33.0 Å². The minimum Gasteiger partial charge on any atom is -0.335 e. The molecule has 1 unspecified atom stereocenters. The van der Waals surface area contributed by atoms with Gasteiger partial charge in [-0.1, -0.05) is 18.2 Å². The summed E-state index contributed by atoms with van der Waals surface area (Å²) in [6.07, 6.45) is 1.43. The number of benzene rings is 2. The first-order chi connectivity index (χ1) is 11.3. The van der Waals surface area contributed by atoms with Gasteiger partial charge >= 0.3 is 0 Å². The fourth-order valence-corrected chi connectivity index (χ4v) is 2.27. The summed E-state index contributed by atoms with van der Waals surface area (Å²) in [7, 11) is 1.59. The Bertz CT molecular complexity index is 769.